The maximum absolute atomic E-state index is 11.8. The SMILES string of the molecule is COCC(O)CNC(=O)/C(C)=C/c1cccc(Cl)c1. The van der Waals surface area contributed by atoms with Crippen molar-refractivity contribution < 1.29 is 14.6 Å². The van der Waals surface area contributed by atoms with Crippen LogP contribution in [0.5, 0.6) is 0 Å². The Balaban J connectivity index is 2.57. The van der Waals surface area contributed by atoms with E-state index in [4.69, 9.17) is 16.3 Å². The Kier molecular flexibility index (Phi) is 6.56. The molecule has 0 spiro atoms. The summed E-state index contributed by atoms with van der Waals surface area (Å²) in [6, 6.07) is 7.23. The molecule has 1 rings (SSSR count). The van der Waals surface area contributed by atoms with Crippen molar-refractivity contribution in [3.63, 3.8) is 0 Å². The van der Waals surface area contributed by atoms with E-state index in [1.54, 1.807) is 25.1 Å². The number of hydrogen-bond acceptors (Lipinski definition) is 3. The molecule has 19 heavy (non-hydrogen) atoms. The zero-order valence-corrected chi connectivity index (χ0v) is 11.8. The Labute approximate surface area is 118 Å². The van der Waals surface area contributed by atoms with E-state index in [0.29, 0.717) is 10.6 Å². The van der Waals surface area contributed by atoms with Crippen molar-refractivity contribution in [2.75, 3.05) is 20.3 Å². The third-order valence-electron chi connectivity index (χ3n) is 2.45. The van der Waals surface area contributed by atoms with Crippen molar-refractivity contribution in [2.24, 2.45) is 0 Å². The van der Waals surface area contributed by atoms with Crippen LogP contribution in [0, 0.1) is 0 Å². The highest BCUT2D eigenvalue weighted by atomic mass is 35.5. The molecule has 4 nitrogen and oxygen atoms in total. The molecule has 0 aromatic heterocycles. The average Bonchev–Trinajstić information content (AvgIpc) is 2.36. The molecule has 0 saturated heterocycles. The van der Waals surface area contributed by atoms with Gasteiger partial charge >= 0.3 is 0 Å². The molecule has 0 radical (unpaired) electrons. The predicted octanol–water partition coefficient (Wildman–Crippen LogP) is 1.87. The summed E-state index contributed by atoms with van der Waals surface area (Å²) in [6.07, 6.45) is 1.04. The maximum Gasteiger partial charge on any atom is 0.247 e. The van der Waals surface area contributed by atoms with Crippen LogP contribution >= 0.6 is 11.6 Å². The molecule has 0 aliphatic heterocycles. The minimum Gasteiger partial charge on any atom is -0.389 e. The van der Waals surface area contributed by atoms with Crippen molar-refractivity contribution in [1.82, 2.24) is 5.32 Å². The van der Waals surface area contributed by atoms with E-state index in [-0.39, 0.29) is 19.1 Å². The molecule has 0 bridgehead atoms. The summed E-state index contributed by atoms with van der Waals surface area (Å²) >= 11 is 5.87. The van der Waals surface area contributed by atoms with Crippen LogP contribution in [0.4, 0.5) is 0 Å². The number of ether oxygens (including phenoxy) is 1. The molecule has 0 fully saturated rings. The number of rotatable bonds is 6. The van der Waals surface area contributed by atoms with Crippen molar-refractivity contribution in [3.8, 4) is 0 Å². The van der Waals surface area contributed by atoms with Gasteiger partial charge in [0.05, 0.1) is 12.7 Å². The lowest BCUT2D eigenvalue weighted by molar-refractivity contribution is -0.118. The smallest absolute Gasteiger partial charge is 0.247 e. The fraction of sp³-hybridized carbons (Fsp3) is 0.357. The predicted molar refractivity (Wildman–Crippen MR) is 76.0 cm³/mol. The minimum atomic E-state index is -0.701. The van der Waals surface area contributed by atoms with Gasteiger partial charge in [0.1, 0.15) is 0 Å². The fourth-order valence-electron chi connectivity index (χ4n) is 1.51. The van der Waals surface area contributed by atoms with Gasteiger partial charge in [0.15, 0.2) is 0 Å². The van der Waals surface area contributed by atoms with Crippen LogP contribution in [-0.4, -0.2) is 37.4 Å². The first-order chi connectivity index (χ1) is 9.02. The van der Waals surface area contributed by atoms with Crippen molar-refractivity contribution >= 4 is 23.6 Å². The Morgan fingerprint density at radius 2 is 2.32 bits per heavy atom. The average molecular weight is 284 g/mol. The summed E-state index contributed by atoms with van der Waals surface area (Å²) in [4.78, 5) is 11.8. The summed E-state index contributed by atoms with van der Waals surface area (Å²) in [5.74, 6) is -0.227. The van der Waals surface area contributed by atoms with E-state index < -0.39 is 6.10 Å². The second-order valence-corrected chi connectivity index (χ2v) is 4.64. The number of nitrogens with one attached hydrogen (secondary N) is 1. The second-order valence-electron chi connectivity index (χ2n) is 4.20. The minimum absolute atomic E-state index is 0.160. The van der Waals surface area contributed by atoms with Crippen LogP contribution in [0.3, 0.4) is 0 Å². The number of carbonyl (C=O) groups excluding carboxylic acids is 1. The Bertz CT molecular complexity index is 460. The number of methoxy groups -OCH3 is 1. The zero-order valence-electron chi connectivity index (χ0n) is 11.0. The molecule has 5 heteroatoms. The lowest BCUT2D eigenvalue weighted by atomic mass is 10.1. The van der Waals surface area contributed by atoms with Gasteiger partial charge in [-0.15, -0.1) is 0 Å². The van der Waals surface area contributed by atoms with E-state index in [0.717, 1.165) is 5.56 Å². The first kappa shape index (κ1) is 15.7. The van der Waals surface area contributed by atoms with Gasteiger partial charge in [-0.2, -0.15) is 0 Å². The number of amides is 1. The van der Waals surface area contributed by atoms with Crippen molar-refractivity contribution in [3.05, 3.63) is 40.4 Å². The zero-order chi connectivity index (χ0) is 14.3. The molecular formula is C14H18ClNO3. The van der Waals surface area contributed by atoms with Gasteiger partial charge in [0.25, 0.3) is 0 Å². The summed E-state index contributed by atoms with van der Waals surface area (Å²) in [5.41, 5.74) is 1.41. The summed E-state index contributed by atoms with van der Waals surface area (Å²) < 4.78 is 4.77. The topological polar surface area (TPSA) is 58.6 Å². The molecule has 1 aromatic rings. The van der Waals surface area contributed by atoms with Crippen LogP contribution in [0.1, 0.15) is 12.5 Å². The third-order valence-corrected chi connectivity index (χ3v) is 2.68. The summed E-state index contributed by atoms with van der Waals surface area (Å²) in [7, 11) is 1.50. The number of benzene rings is 1. The standard InChI is InChI=1S/C14H18ClNO3/c1-10(6-11-4-3-5-12(15)7-11)14(18)16-8-13(17)9-19-2/h3-7,13,17H,8-9H2,1-2H3,(H,16,18)/b10-6+. The molecule has 0 aliphatic carbocycles. The number of aliphatic hydroxyl groups excluding tert-OH is 1. The molecule has 0 aliphatic rings. The molecule has 0 heterocycles. The Morgan fingerprint density at radius 3 is 2.95 bits per heavy atom. The van der Waals surface area contributed by atoms with Crippen molar-refractivity contribution in [2.45, 2.75) is 13.0 Å². The second kappa shape index (κ2) is 7.94. The first-order valence-electron chi connectivity index (χ1n) is 5.92. The van der Waals surface area contributed by atoms with Gasteiger partial charge in [-0.25, -0.2) is 0 Å². The summed E-state index contributed by atoms with van der Waals surface area (Å²) in [5, 5.41) is 12.7. The molecule has 1 aromatic carbocycles. The molecule has 0 saturated carbocycles. The molecule has 1 unspecified atom stereocenters. The van der Waals surface area contributed by atoms with Crippen LogP contribution in [0.2, 0.25) is 5.02 Å². The molecular weight excluding hydrogens is 266 g/mol. The highest BCUT2D eigenvalue weighted by molar-refractivity contribution is 6.30. The van der Waals surface area contributed by atoms with Crippen LogP contribution in [-0.2, 0) is 9.53 Å². The number of aliphatic hydroxyl groups is 1. The highest BCUT2D eigenvalue weighted by Crippen LogP contribution is 2.13. The van der Waals surface area contributed by atoms with E-state index in [2.05, 4.69) is 5.32 Å². The van der Waals surface area contributed by atoms with Gasteiger partial charge in [-0.05, 0) is 30.7 Å². The largest absolute Gasteiger partial charge is 0.389 e. The third kappa shape index (κ3) is 5.87. The van der Waals surface area contributed by atoms with Crippen LogP contribution < -0.4 is 5.32 Å². The van der Waals surface area contributed by atoms with E-state index in [9.17, 15) is 9.90 Å². The fourth-order valence-corrected chi connectivity index (χ4v) is 1.71. The Morgan fingerprint density at radius 1 is 1.58 bits per heavy atom. The van der Waals surface area contributed by atoms with E-state index in [1.807, 2.05) is 12.1 Å². The summed E-state index contributed by atoms with van der Waals surface area (Å²) in [6.45, 7) is 2.06. The van der Waals surface area contributed by atoms with Gasteiger partial charge in [-0.3, -0.25) is 4.79 Å². The monoisotopic (exact) mass is 283 g/mol. The van der Waals surface area contributed by atoms with Gasteiger partial charge in [0.2, 0.25) is 5.91 Å². The van der Waals surface area contributed by atoms with Gasteiger partial charge in [0, 0.05) is 24.3 Å². The maximum atomic E-state index is 11.8. The van der Waals surface area contributed by atoms with E-state index in [1.165, 1.54) is 7.11 Å². The number of hydrogen-bond donors (Lipinski definition) is 2. The molecule has 2 N–H and O–H groups in total. The van der Waals surface area contributed by atoms with Crippen molar-refractivity contribution in [1.29, 1.82) is 0 Å². The van der Waals surface area contributed by atoms with Gasteiger partial charge in [-0.1, -0.05) is 23.7 Å². The van der Waals surface area contributed by atoms with E-state index >= 15 is 0 Å². The van der Waals surface area contributed by atoms with Gasteiger partial charge < -0.3 is 15.2 Å². The number of carbonyl (C=O) groups is 1. The Hall–Kier alpha value is -1.36. The number of halogens is 1. The molecule has 1 atom stereocenters. The highest BCUT2D eigenvalue weighted by Gasteiger charge is 2.08. The molecule has 1 amide bonds. The van der Waals surface area contributed by atoms with Crippen LogP contribution in [0.25, 0.3) is 6.08 Å². The molecule has 104 valence electrons. The lowest BCUT2D eigenvalue weighted by Gasteiger charge is -2.10. The lowest BCUT2D eigenvalue weighted by Crippen LogP contribution is -2.34. The quantitative estimate of drug-likeness (QED) is 0.784. The normalized spacial score (nSPS) is 13.2. The van der Waals surface area contributed by atoms with Crippen LogP contribution in [0.15, 0.2) is 29.8 Å². The first-order valence-corrected chi connectivity index (χ1v) is 6.29.